The zero-order chi connectivity index (χ0) is 14.0. The van der Waals surface area contributed by atoms with Crippen molar-refractivity contribution < 1.29 is 22.7 Å². The third kappa shape index (κ3) is 3.26. The summed E-state index contributed by atoms with van der Waals surface area (Å²) in [4.78, 5) is 12.2. The van der Waals surface area contributed by atoms with Crippen LogP contribution in [0.15, 0.2) is 24.3 Å². The van der Waals surface area contributed by atoms with Crippen LogP contribution in [0.5, 0.6) is 5.75 Å². The van der Waals surface area contributed by atoms with Crippen molar-refractivity contribution in [1.82, 2.24) is 0 Å². The molecule has 1 aliphatic carbocycles. The van der Waals surface area contributed by atoms with E-state index in [1.165, 1.54) is 18.2 Å². The van der Waals surface area contributed by atoms with Gasteiger partial charge >= 0.3 is 6.36 Å². The maximum Gasteiger partial charge on any atom is 0.573 e. The van der Waals surface area contributed by atoms with Gasteiger partial charge in [-0.15, -0.1) is 13.2 Å². The highest BCUT2D eigenvalue weighted by atomic mass is 19.4. The Kier molecular flexibility index (Phi) is 3.80. The third-order valence-electron chi connectivity index (χ3n) is 3.28. The van der Waals surface area contributed by atoms with E-state index in [9.17, 15) is 18.0 Å². The maximum absolute atomic E-state index is 12.3. The molecule has 0 bridgehead atoms. The highest BCUT2D eigenvalue weighted by Crippen LogP contribution is 2.32. The number of Topliss-reactive ketones (excluding diaryl/α,β-unsaturated/α-hetero) is 1. The number of halogens is 3. The molecular weight excluding hydrogens is 259 g/mol. The van der Waals surface area contributed by atoms with E-state index in [4.69, 9.17) is 5.73 Å². The number of benzene rings is 1. The summed E-state index contributed by atoms with van der Waals surface area (Å²) >= 11 is 0. The maximum atomic E-state index is 12.3. The lowest BCUT2D eigenvalue weighted by molar-refractivity contribution is -0.274. The number of alkyl halides is 3. The average molecular weight is 273 g/mol. The Bertz CT molecular complexity index is 473. The Hall–Kier alpha value is -1.56. The summed E-state index contributed by atoms with van der Waals surface area (Å²) < 4.78 is 40.7. The molecule has 104 valence electrons. The summed E-state index contributed by atoms with van der Waals surface area (Å²) in [6.45, 7) is 0. The summed E-state index contributed by atoms with van der Waals surface area (Å²) in [5.74, 6) is -1.25. The van der Waals surface area contributed by atoms with Crippen LogP contribution >= 0.6 is 0 Å². The van der Waals surface area contributed by atoms with Crippen LogP contribution in [0.1, 0.15) is 29.6 Å². The minimum atomic E-state index is -4.81. The van der Waals surface area contributed by atoms with Gasteiger partial charge in [-0.2, -0.15) is 0 Å². The van der Waals surface area contributed by atoms with Gasteiger partial charge < -0.3 is 10.5 Å². The molecule has 3 nitrogen and oxygen atoms in total. The molecule has 0 aliphatic heterocycles. The summed E-state index contributed by atoms with van der Waals surface area (Å²) in [7, 11) is 0. The van der Waals surface area contributed by atoms with Gasteiger partial charge in [-0.3, -0.25) is 4.79 Å². The van der Waals surface area contributed by atoms with Crippen LogP contribution in [0.4, 0.5) is 13.2 Å². The van der Waals surface area contributed by atoms with Crippen molar-refractivity contribution >= 4 is 5.78 Å². The number of nitrogens with two attached hydrogens (primary N) is 1. The molecule has 1 aromatic rings. The highest BCUT2D eigenvalue weighted by Gasteiger charge is 2.36. The molecular formula is C13H14F3NO2. The predicted octanol–water partition coefficient (Wildman–Crippen LogP) is 2.90. The molecule has 1 saturated carbocycles. The topological polar surface area (TPSA) is 52.3 Å². The molecule has 2 N–H and O–H groups in total. The quantitative estimate of drug-likeness (QED) is 0.861. The molecule has 19 heavy (non-hydrogen) atoms. The van der Waals surface area contributed by atoms with Crippen LogP contribution in [0.2, 0.25) is 0 Å². The fourth-order valence-corrected chi connectivity index (χ4v) is 2.40. The Morgan fingerprint density at radius 3 is 2.53 bits per heavy atom. The SMILES string of the molecule is NC1CCCC1C(=O)c1ccccc1OC(F)(F)F. The zero-order valence-corrected chi connectivity index (χ0v) is 10.1. The van der Waals surface area contributed by atoms with Crippen molar-refractivity contribution in [3.63, 3.8) is 0 Å². The van der Waals surface area contributed by atoms with Crippen LogP contribution in [-0.4, -0.2) is 18.2 Å². The number of carbonyl (C=O) groups excluding carboxylic acids is 1. The van der Waals surface area contributed by atoms with Gasteiger partial charge in [-0.25, -0.2) is 0 Å². The second kappa shape index (κ2) is 5.21. The van der Waals surface area contributed by atoms with E-state index in [0.717, 1.165) is 18.9 Å². The number of ketones is 1. The molecule has 2 atom stereocenters. The van der Waals surface area contributed by atoms with E-state index in [2.05, 4.69) is 4.74 Å². The number of rotatable bonds is 3. The first-order valence-electron chi connectivity index (χ1n) is 6.03. The first-order valence-corrected chi connectivity index (χ1v) is 6.03. The summed E-state index contributed by atoms with van der Waals surface area (Å²) in [6, 6.07) is 5.10. The molecule has 0 spiro atoms. The van der Waals surface area contributed by atoms with E-state index in [1.807, 2.05) is 0 Å². The first kappa shape index (κ1) is 13.9. The minimum Gasteiger partial charge on any atom is -0.405 e. The van der Waals surface area contributed by atoms with Crippen molar-refractivity contribution in [3.05, 3.63) is 29.8 Å². The molecule has 6 heteroatoms. The summed E-state index contributed by atoms with van der Waals surface area (Å²) in [6.07, 6.45) is -2.66. The number of para-hydroxylation sites is 1. The summed E-state index contributed by atoms with van der Waals surface area (Å²) in [5.41, 5.74) is 5.76. The van der Waals surface area contributed by atoms with E-state index < -0.39 is 18.0 Å². The monoisotopic (exact) mass is 273 g/mol. The molecule has 0 saturated heterocycles. The molecule has 0 radical (unpaired) electrons. The molecule has 1 aliphatic rings. The number of ether oxygens (including phenoxy) is 1. The second-order valence-corrected chi connectivity index (χ2v) is 4.61. The summed E-state index contributed by atoms with van der Waals surface area (Å²) in [5, 5.41) is 0. The average Bonchev–Trinajstić information content (AvgIpc) is 2.73. The van der Waals surface area contributed by atoms with Crippen LogP contribution in [0.25, 0.3) is 0 Å². The van der Waals surface area contributed by atoms with E-state index in [-0.39, 0.29) is 17.4 Å². The Labute approximate surface area is 108 Å². The molecule has 2 unspecified atom stereocenters. The fourth-order valence-electron chi connectivity index (χ4n) is 2.40. The van der Waals surface area contributed by atoms with Crippen LogP contribution in [0.3, 0.4) is 0 Å². The molecule has 1 fully saturated rings. The standard InChI is InChI=1S/C13H14F3NO2/c14-13(15,16)19-11-7-2-1-4-9(11)12(18)8-5-3-6-10(8)17/h1-2,4,7-8,10H,3,5-6,17H2. The van der Waals surface area contributed by atoms with Gasteiger partial charge in [-0.05, 0) is 25.0 Å². The fraction of sp³-hybridized carbons (Fsp3) is 0.462. The minimum absolute atomic E-state index is 0.0535. The van der Waals surface area contributed by atoms with Gasteiger partial charge in [0.1, 0.15) is 5.75 Å². The first-order chi connectivity index (χ1) is 8.88. The van der Waals surface area contributed by atoms with Gasteiger partial charge in [0.15, 0.2) is 5.78 Å². The predicted molar refractivity (Wildman–Crippen MR) is 62.8 cm³/mol. The number of carbonyl (C=O) groups is 1. The molecule has 1 aromatic carbocycles. The van der Waals surface area contributed by atoms with E-state index >= 15 is 0 Å². The van der Waals surface area contributed by atoms with Gasteiger partial charge in [0.25, 0.3) is 0 Å². The number of hydrogen-bond acceptors (Lipinski definition) is 3. The van der Waals surface area contributed by atoms with Gasteiger partial charge in [0.2, 0.25) is 0 Å². The normalized spacial score (nSPS) is 23.4. The van der Waals surface area contributed by atoms with E-state index in [0.29, 0.717) is 6.42 Å². The van der Waals surface area contributed by atoms with Crippen molar-refractivity contribution in [2.75, 3.05) is 0 Å². The van der Waals surface area contributed by atoms with Crippen molar-refractivity contribution in [2.24, 2.45) is 11.7 Å². The van der Waals surface area contributed by atoms with Crippen LogP contribution in [0, 0.1) is 5.92 Å². The lowest BCUT2D eigenvalue weighted by Crippen LogP contribution is -2.31. The second-order valence-electron chi connectivity index (χ2n) is 4.61. The van der Waals surface area contributed by atoms with Crippen LogP contribution in [-0.2, 0) is 0 Å². The third-order valence-corrected chi connectivity index (χ3v) is 3.28. The number of hydrogen-bond donors (Lipinski definition) is 1. The van der Waals surface area contributed by atoms with Crippen LogP contribution < -0.4 is 10.5 Å². The van der Waals surface area contributed by atoms with Gasteiger partial charge in [0, 0.05) is 12.0 Å². The Balaban J connectivity index is 2.26. The largest absolute Gasteiger partial charge is 0.573 e. The van der Waals surface area contributed by atoms with Gasteiger partial charge in [-0.1, -0.05) is 18.6 Å². The molecule has 2 rings (SSSR count). The van der Waals surface area contributed by atoms with Crippen molar-refractivity contribution in [2.45, 2.75) is 31.7 Å². The lowest BCUT2D eigenvalue weighted by atomic mass is 9.93. The smallest absolute Gasteiger partial charge is 0.405 e. The zero-order valence-electron chi connectivity index (χ0n) is 10.1. The highest BCUT2D eigenvalue weighted by molar-refractivity contribution is 6.00. The molecule has 0 amide bonds. The molecule has 0 heterocycles. The van der Waals surface area contributed by atoms with E-state index in [1.54, 1.807) is 0 Å². The van der Waals surface area contributed by atoms with Gasteiger partial charge in [0.05, 0.1) is 5.56 Å². The van der Waals surface area contributed by atoms with Crippen molar-refractivity contribution in [3.8, 4) is 5.75 Å². The Morgan fingerprint density at radius 1 is 1.26 bits per heavy atom. The Morgan fingerprint density at radius 2 is 1.95 bits per heavy atom. The molecule has 0 aromatic heterocycles. The van der Waals surface area contributed by atoms with Crippen molar-refractivity contribution in [1.29, 1.82) is 0 Å². The lowest BCUT2D eigenvalue weighted by Gasteiger charge is -2.17.